The number of carboxylic acids is 1. The highest BCUT2D eigenvalue weighted by Gasteiger charge is 2.26. The van der Waals surface area contributed by atoms with Crippen LogP contribution in [-0.4, -0.2) is 41.1 Å². The van der Waals surface area contributed by atoms with Gasteiger partial charge < -0.3 is 15.3 Å². The monoisotopic (exact) mass is 240 g/mol. The number of likely N-dealkylation sites (tertiary alicyclic amines) is 1. The second-order valence-electron chi connectivity index (χ2n) is 4.25. The predicted molar refractivity (Wildman–Crippen MR) is 64.8 cm³/mol. The highest BCUT2D eigenvalue weighted by molar-refractivity contribution is 5.75. The summed E-state index contributed by atoms with van der Waals surface area (Å²) in [5.41, 5.74) is 0. The Balaban J connectivity index is 2.49. The van der Waals surface area contributed by atoms with Crippen molar-refractivity contribution in [2.45, 2.75) is 38.1 Å². The number of nitrogens with zero attached hydrogens (tertiary/aromatic N) is 1. The van der Waals surface area contributed by atoms with Crippen molar-refractivity contribution in [1.29, 1.82) is 0 Å². The van der Waals surface area contributed by atoms with Gasteiger partial charge in [0.2, 0.25) is 0 Å². The maximum atomic E-state index is 11.8. The summed E-state index contributed by atoms with van der Waals surface area (Å²) in [7, 11) is 0. The molecule has 17 heavy (non-hydrogen) atoms. The van der Waals surface area contributed by atoms with Gasteiger partial charge in [-0.3, -0.25) is 4.79 Å². The molecule has 96 valence electrons. The van der Waals surface area contributed by atoms with E-state index in [1.807, 2.05) is 0 Å². The molecule has 0 saturated carbocycles. The van der Waals surface area contributed by atoms with Crippen LogP contribution in [0.4, 0.5) is 4.79 Å². The minimum atomic E-state index is -0.804. The molecule has 0 spiro atoms. The van der Waals surface area contributed by atoms with Crippen LogP contribution in [0.3, 0.4) is 0 Å². The molecule has 0 radical (unpaired) electrons. The van der Waals surface area contributed by atoms with E-state index in [0.29, 0.717) is 19.5 Å². The maximum absolute atomic E-state index is 11.8. The standard InChI is InChI=1S/C12H20N2O3/c1-2-8-13-12(17)14-9-4-3-5-10(14)6-7-11(15)16/h2,10H,1,3-9H2,(H,13,17)(H,15,16). The lowest BCUT2D eigenvalue weighted by Gasteiger charge is -2.35. The number of piperidine rings is 1. The first-order chi connectivity index (χ1) is 8.15. The Morgan fingerprint density at radius 1 is 1.47 bits per heavy atom. The smallest absolute Gasteiger partial charge is 0.317 e. The Labute approximate surface area is 101 Å². The number of nitrogens with one attached hydrogen (secondary N) is 1. The van der Waals surface area contributed by atoms with Crippen LogP contribution in [0.2, 0.25) is 0 Å². The van der Waals surface area contributed by atoms with Gasteiger partial charge in [-0.25, -0.2) is 4.79 Å². The van der Waals surface area contributed by atoms with Crippen LogP contribution in [0.15, 0.2) is 12.7 Å². The number of aliphatic carboxylic acids is 1. The van der Waals surface area contributed by atoms with Crippen molar-refractivity contribution >= 4 is 12.0 Å². The van der Waals surface area contributed by atoms with Crippen LogP contribution < -0.4 is 5.32 Å². The zero-order chi connectivity index (χ0) is 12.7. The molecule has 1 atom stereocenters. The van der Waals surface area contributed by atoms with Gasteiger partial charge in [-0.15, -0.1) is 6.58 Å². The van der Waals surface area contributed by atoms with Crippen molar-refractivity contribution in [2.75, 3.05) is 13.1 Å². The van der Waals surface area contributed by atoms with Crippen molar-refractivity contribution in [2.24, 2.45) is 0 Å². The van der Waals surface area contributed by atoms with Crippen molar-refractivity contribution in [3.63, 3.8) is 0 Å². The third kappa shape index (κ3) is 4.46. The second-order valence-corrected chi connectivity index (χ2v) is 4.25. The minimum absolute atomic E-state index is 0.0599. The highest BCUT2D eigenvalue weighted by atomic mass is 16.4. The lowest BCUT2D eigenvalue weighted by atomic mass is 9.98. The topological polar surface area (TPSA) is 69.6 Å². The molecule has 1 aliphatic rings. The summed E-state index contributed by atoms with van der Waals surface area (Å²) in [6, 6.07) is -0.0512. The van der Waals surface area contributed by atoms with Crippen molar-refractivity contribution in [3.05, 3.63) is 12.7 Å². The fraction of sp³-hybridized carbons (Fsp3) is 0.667. The minimum Gasteiger partial charge on any atom is -0.481 e. The Morgan fingerprint density at radius 3 is 2.88 bits per heavy atom. The van der Waals surface area contributed by atoms with Gasteiger partial charge in [-0.1, -0.05) is 6.08 Å². The molecule has 5 nitrogen and oxygen atoms in total. The summed E-state index contributed by atoms with van der Waals surface area (Å²) in [5, 5.41) is 11.4. The van der Waals surface area contributed by atoms with Gasteiger partial charge in [0.1, 0.15) is 0 Å². The predicted octanol–water partition coefficient (Wildman–Crippen LogP) is 1.60. The number of urea groups is 1. The summed E-state index contributed by atoms with van der Waals surface area (Å²) in [5.74, 6) is -0.804. The number of rotatable bonds is 5. The van der Waals surface area contributed by atoms with E-state index in [0.717, 1.165) is 19.3 Å². The molecule has 5 heteroatoms. The van der Waals surface area contributed by atoms with Crippen LogP contribution in [0.1, 0.15) is 32.1 Å². The van der Waals surface area contributed by atoms with Gasteiger partial charge in [-0.2, -0.15) is 0 Å². The van der Waals surface area contributed by atoms with Gasteiger partial charge in [0.25, 0.3) is 0 Å². The van der Waals surface area contributed by atoms with Crippen molar-refractivity contribution < 1.29 is 14.7 Å². The molecule has 1 unspecified atom stereocenters. The van der Waals surface area contributed by atoms with E-state index in [1.54, 1.807) is 11.0 Å². The molecule has 1 fully saturated rings. The quantitative estimate of drug-likeness (QED) is 0.717. The van der Waals surface area contributed by atoms with E-state index in [9.17, 15) is 9.59 Å². The molecule has 2 N–H and O–H groups in total. The zero-order valence-electron chi connectivity index (χ0n) is 10.0. The fourth-order valence-electron chi connectivity index (χ4n) is 2.12. The average Bonchev–Trinajstić information content (AvgIpc) is 2.33. The van der Waals surface area contributed by atoms with Crippen LogP contribution in [0, 0.1) is 0 Å². The molecular formula is C12H20N2O3. The molecule has 0 aromatic heterocycles. The Morgan fingerprint density at radius 2 is 2.24 bits per heavy atom. The highest BCUT2D eigenvalue weighted by Crippen LogP contribution is 2.20. The largest absolute Gasteiger partial charge is 0.481 e. The summed E-state index contributed by atoms with van der Waals surface area (Å²) in [6.45, 7) is 4.71. The number of carbonyl (C=O) groups excluding carboxylic acids is 1. The van der Waals surface area contributed by atoms with Gasteiger partial charge in [0.15, 0.2) is 0 Å². The average molecular weight is 240 g/mol. The number of amides is 2. The molecule has 0 aromatic rings. The Bertz CT molecular complexity index is 291. The number of hydrogen-bond donors (Lipinski definition) is 2. The SMILES string of the molecule is C=CCNC(=O)N1CCCCC1CCC(=O)O. The lowest BCUT2D eigenvalue weighted by Crippen LogP contribution is -2.48. The van der Waals surface area contributed by atoms with E-state index in [2.05, 4.69) is 11.9 Å². The summed E-state index contributed by atoms with van der Waals surface area (Å²) in [6.07, 6.45) is 5.25. The molecule has 1 heterocycles. The Kier molecular flexibility index (Phi) is 5.52. The fourth-order valence-corrected chi connectivity index (χ4v) is 2.12. The molecule has 2 amide bonds. The van der Waals surface area contributed by atoms with Gasteiger partial charge >= 0.3 is 12.0 Å². The van der Waals surface area contributed by atoms with Crippen LogP contribution in [0.25, 0.3) is 0 Å². The summed E-state index contributed by atoms with van der Waals surface area (Å²) < 4.78 is 0. The first-order valence-corrected chi connectivity index (χ1v) is 6.02. The van der Waals surface area contributed by atoms with Crippen LogP contribution in [0.5, 0.6) is 0 Å². The van der Waals surface area contributed by atoms with E-state index < -0.39 is 5.97 Å². The van der Waals surface area contributed by atoms with E-state index in [1.165, 1.54) is 0 Å². The molecule has 0 aromatic carbocycles. The first-order valence-electron chi connectivity index (χ1n) is 6.02. The molecule has 1 aliphatic heterocycles. The zero-order valence-corrected chi connectivity index (χ0v) is 10.0. The molecule has 0 bridgehead atoms. The molecule has 0 aliphatic carbocycles. The molecule has 1 saturated heterocycles. The van der Waals surface area contributed by atoms with Gasteiger partial charge in [0, 0.05) is 25.6 Å². The van der Waals surface area contributed by atoms with Crippen molar-refractivity contribution in [1.82, 2.24) is 10.2 Å². The number of hydrogen-bond acceptors (Lipinski definition) is 2. The van der Waals surface area contributed by atoms with Crippen LogP contribution in [-0.2, 0) is 4.79 Å². The second kappa shape index (κ2) is 6.93. The third-order valence-electron chi connectivity index (χ3n) is 2.98. The summed E-state index contributed by atoms with van der Waals surface area (Å²) in [4.78, 5) is 24.1. The van der Waals surface area contributed by atoms with Gasteiger partial charge in [-0.05, 0) is 25.7 Å². The van der Waals surface area contributed by atoms with E-state index in [4.69, 9.17) is 5.11 Å². The van der Waals surface area contributed by atoms with Crippen molar-refractivity contribution in [3.8, 4) is 0 Å². The molecule has 1 rings (SSSR count). The normalized spacial score (nSPS) is 19.8. The van der Waals surface area contributed by atoms with Crippen LogP contribution >= 0.6 is 0 Å². The van der Waals surface area contributed by atoms with E-state index >= 15 is 0 Å². The number of carboxylic acid groups (broad SMARTS) is 1. The third-order valence-corrected chi connectivity index (χ3v) is 2.98. The molecular weight excluding hydrogens is 220 g/mol. The number of carbonyl (C=O) groups is 2. The first kappa shape index (κ1) is 13.5. The lowest BCUT2D eigenvalue weighted by molar-refractivity contribution is -0.137. The van der Waals surface area contributed by atoms with Gasteiger partial charge in [0.05, 0.1) is 0 Å². The Hall–Kier alpha value is -1.52. The maximum Gasteiger partial charge on any atom is 0.317 e. The summed E-state index contributed by atoms with van der Waals surface area (Å²) >= 11 is 0. The van der Waals surface area contributed by atoms with E-state index in [-0.39, 0.29) is 18.5 Å².